The first-order valence-electron chi connectivity index (χ1n) is 5.81. The molecule has 0 aromatic rings. The second-order valence-electron chi connectivity index (χ2n) is 4.53. The number of carboxylic acids is 2. The summed E-state index contributed by atoms with van der Waals surface area (Å²) >= 11 is 0. The number of hydrogen-bond donors (Lipinski definition) is 2. The van der Waals surface area contributed by atoms with Crippen LogP contribution in [-0.2, 0) is 14.4 Å². The quantitative estimate of drug-likeness (QED) is 0.605. The van der Waals surface area contributed by atoms with Crippen molar-refractivity contribution in [1.29, 1.82) is 0 Å². The highest BCUT2D eigenvalue weighted by atomic mass is 16.4. The monoisotopic (exact) mass is 244 g/mol. The molecule has 0 rings (SSSR count). The van der Waals surface area contributed by atoms with Gasteiger partial charge in [0, 0.05) is 19.3 Å². The molecule has 1 unspecified atom stereocenters. The summed E-state index contributed by atoms with van der Waals surface area (Å²) in [7, 11) is 0. The Labute approximate surface area is 101 Å². The van der Waals surface area contributed by atoms with E-state index in [1.807, 2.05) is 0 Å². The number of hydrogen-bond acceptors (Lipinski definition) is 3. The van der Waals surface area contributed by atoms with E-state index in [9.17, 15) is 14.4 Å². The molecule has 0 heterocycles. The summed E-state index contributed by atoms with van der Waals surface area (Å²) in [5, 5.41) is 17.3. The van der Waals surface area contributed by atoms with Gasteiger partial charge in [-0.3, -0.25) is 14.4 Å². The van der Waals surface area contributed by atoms with Crippen LogP contribution in [0.25, 0.3) is 0 Å². The van der Waals surface area contributed by atoms with Crippen LogP contribution in [0, 0.1) is 11.8 Å². The van der Waals surface area contributed by atoms with Gasteiger partial charge in [0.1, 0.15) is 5.78 Å². The van der Waals surface area contributed by atoms with Crippen LogP contribution in [0.4, 0.5) is 0 Å². The number of Topliss-reactive ketones (excluding diaryl/α,β-unsaturated/α-hetero) is 1. The second-order valence-corrected chi connectivity index (χ2v) is 4.53. The van der Waals surface area contributed by atoms with Crippen molar-refractivity contribution in [3.63, 3.8) is 0 Å². The lowest BCUT2D eigenvalue weighted by Gasteiger charge is -2.14. The van der Waals surface area contributed by atoms with Crippen molar-refractivity contribution in [1.82, 2.24) is 0 Å². The van der Waals surface area contributed by atoms with Crippen LogP contribution in [0.2, 0.25) is 0 Å². The molecule has 0 amide bonds. The Morgan fingerprint density at radius 1 is 1.00 bits per heavy atom. The Morgan fingerprint density at radius 3 is 1.94 bits per heavy atom. The summed E-state index contributed by atoms with van der Waals surface area (Å²) in [5.41, 5.74) is 0. The lowest BCUT2D eigenvalue weighted by atomic mass is 9.89. The molecule has 0 fully saturated rings. The SMILES string of the molecule is CC(C)C(CC(=O)CCCCC(=O)O)C(=O)O. The van der Waals surface area contributed by atoms with Crippen molar-refractivity contribution >= 4 is 17.7 Å². The third kappa shape index (κ3) is 7.49. The van der Waals surface area contributed by atoms with Crippen LogP contribution in [0.3, 0.4) is 0 Å². The van der Waals surface area contributed by atoms with Crippen LogP contribution in [-0.4, -0.2) is 27.9 Å². The molecule has 98 valence electrons. The van der Waals surface area contributed by atoms with Crippen molar-refractivity contribution in [3.8, 4) is 0 Å². The van der Waals surface area contributed by atoms with Gasteiger partial charge in [-0.05, 0) is 18.8 Å². The van der Waals surface area contributed by atoms with Crippen molar-refractivity contribution in [2.24, 2.45) is 11.8 Å². The highest BCUT2D eigenvalue weighted by Crippen LogP contribution is 2.17. The minimum absolute atomic E-state index is 0.0417. The largest absolute Gasteiger partial charge is 0.481 e. The molecule has 0 aromatic heterocycles. The van der Waals surface area contributed by atoms with Gasteiger partial charge in [-0.25, -0.2) is 0 Å². The maximum Gasteiger partial charge on any atom is 0.307 e. The fourth-order valence-electron chi connectivity index (χ4n) is 1.55. The Hall–Kier alpha value is -1.39. The number of unbranched alkanes of at least 4 members (excludes halogenated alkanes) is 1. The number of ketones is 1. The number of carboxylic acid groups (broad SMARTS) is 2. The van der Waals surface area contributed by atoms with Gasteiger partial charge in [-0.2, -0.15) is 0 Å². The lowest BCUT2D eigenvalue weighted by molar-refractivity contribution is -0.145. The van der Waals surface area contributed by atoms with Gasteiger partial charge in [-0.15, -0.1) is 0 Å². The third-order valence-corrected chi connectivity index (χ3v) is 2.67. The summed E-state index contributed by atoms with van der Waals surface area (Å²) < 4.78 is 0. The molecule has 0 spiro atoms. The maximum atomic E-state index is 11.5. The third-order valence-electron chi connectivity index (χ3n) is 2.67. The molecule has 0 aliphatic rings. The molecule has 17 heavy (non-hydrogen) atoms. The van der Waals surface area contributed by atoms with E-state index in [-0.39, 0.29) is 31.0 Å². The van der Waals surface area contributed by atoms with Crippen LogP contribution < -0.4 is 0 Å². The summed E-state index contributed by atoms with van der Waals surface area (Å²) in [4.78, 5) is 32.6. The van der Waals surface area contributed by atoms with E-state index in [1.165, 1.54) is 0 Å². The summed E-state index contributed by atoms with van der Waals surface area (Å²) in [6, 6.07) is 0. The highest BCUT2D eigenvalue weighted by Gasteiger charge is 2.24. The standard InChI is InChI=1S/C12H20O5/c1-8(2)10(12(16)17)7-9(13)5-3-4-6-11(14)15/h8,10H,3-7H2,1-2H3,(H,14,15)(H,16,17). The average molecular weight is 244 g/mol. The van der Waals surface area contributed by atoms with Crippen molar-refractivity contribution in [2.75, 3.05) is 0 Å². The van der Waals surface area contributed by atoms with E-state index in [0.717, 1.165) is 0 Å². The van der Waals surface area contributed by atoms with Gasteiger partial charge in [-0.1, -0.05) is 13.8 Å². The van der Waals surface area contributed by atoms with Gasteiger partial charge in [0.15, 0.2) is 0 Å². The Morgan fingerprint density at radius 2 is 1.53 bits per heavy atom. The van der Waals surface area contributed by atoms with E-state index in [0.29, 0.717) is 12.8 Å². The Balaban J connectivity index is 3.91. The zero-order valence-electron chi connectivity index (χ0n) is 10.3. The molecule has 5 heteroatoms. The molecule has 0 bridgehead atoms. The van der Waals surface area contributed by atoms with Gasteiger partial charge in [0.25, 0.3) is 0 Å². The summed E-state index contributed by atoms with van der Waals surface area (Å²) in [6.45, 7) is 3.55. The fraction of sp³-hybridized carbons (Fsp3) is 0.750. The molecule has 0 aromatic carbocycles. The normalized spacial score (nSPS) is 12.4. The topological polar surface area (TPSA) is 91.7 Å². The van der Waals surface area contributed by atoms with Crippen LogP contribution in [0.15, 0.2) is 0 Å². The minimum atomic E-state index is -0.945. The lowest BCUT2D eigenvalue weighted by Crippen LogP contribution is -2.23. The predicted molar refractivity (Wildman–Crippen MR) is 61.7 cm³/mol. The van der Waals surface area contributed by atoms with Crippen molar-refractivity contribution < 1.29 is 24.6 Å². The number of aliphatic carboxylic acids is 2. The number of carbonyl (C=O) groups is 3. The first-order valence-corrected chi connectivity index (χ1v) is 5.81. The van der Waals surface area contributed by atoms with Gasteiger partial charge >= 0.3 is 11.9 Å². The summed E-state index contributed by atoms with van der Waals surface area (Å²) in [5.74, 6) is -2.63. The maximum absolute atomic E-state index is 11.5. The van der Waals surface area contributed by atoms with Gasteiger partial charge in [0.05, 0.1) is 5.92 Å². The number of rotatable bonds is 9. The van der Waals surface area contributed by atoms with E-state index < -0.39 is 17.9 Å². The van der Waals surface area contributed by atoms with Crippen molar-refractivity contribution in [3.05, 3.63) is 0 Å². The van der Waals surface area contributed by atoms with Gasteiger partial charge < -0.3 is 10.2 Å². The highest BCUT2D eigenvalue weighted by molar-refractivity contribution is 5.83. The molecular weight excluding hydrogens is 224 g/mol. The minimum Gasteiger partial charge on any atom is -0.481 e. The smallest absolute Gasteiger partial charge is 0.307 e. The fourth-order valence-corrected chi connectivity index (χ4v) is 1.55. The zero-order valence-corrected chi connectivity index (χ0v) is 10.3. The molecule has 2 N–H and O–H groups in total. The predicted octanol–water partition coefficient (Wildman–Crippen LogP) is 1.95. The summed E-state index contributed by atoms with van der Waals surface area (Å²) in [6.07, 6.45) is 1.33. The van der Waals surface area contributed by atoms with Crippen LogP contribution in [0.1, 0.15) is 46.0 Å². The van der Waals surface area contributed by atoms with Gasteiger partial charge in [0.2, 0.25) is 0 Å². The molecule has 0 aliphatic heterocycles. The Kier molecular flexibility index (Phi) is 7.18. The molecule has 0 saturated carbocycles. The molecule has 1 atom stereocenters. The number of carbonyl (C=O) groups excluding carboxylic acids is 1. The van der Waals surface area contributed by atoms with E-state index >= 15 is 0 Å². The van der Waals surface area contributed by atoms with E-state index in [4.69, 9.17) is 10.2 Å². The first kappa shape index (κ1) is 15.6. The molecule has 5 nitrogen and oxygen atoms in total. The molecule has 0 radical (unpaired) electrons. The molecular formula is C12H20O5. The second kappa shape index (κ2) is 7.81. The van der Waals surface area contributed by atoms with Crippen LogP contribution in [0.5, 0.6) is 0 Å². The zero-order chi connectivity index (χ0) is 13.4. The van der Waals surface area contributed by atoms with E-state index in [1.54, 1.807) is 13.8 Å². The van der Waals surface area contributed by atoms with E-state index in [2.05, 4.69) is 0 Å². The average Bonchev–Trinajstić information content (AvgIpc) is 2.19. The van der Waals surface area contributed by atoms with Crippen LogP contribution >= 0.6 is 0 Å². The van der Waals surface area contributed by atoms with Crippen molar-refractivity contribution in [2.45, 2.75) is 46.0 Å². The Bertz CT molecular complexity index is 283. The molecule has 0 aliphatic carbocycles. The first-order chi connectivity index (χ1) is 7.84. The molecule has 0 saturated heterocycles.